The Morgan fingerprint density at radius 1 is 1.33 bits per heavy atom. The van der Waals surface area contributed by atoms with E-state index in [1.165, 1.54) is 6.39 Å². The summed E-state index contributed by atoms with van der Waals surface area (Å²) < 4.78 is 5.20. The molecule has 7 nitrogen and oxygen atoms in total. The fourth-order valence-electron chi connectivity index (χ4n) is 2.06. The maximum atomic E-state index is 12.0. The number of hydrogen-bond donors (Lipinski definition) is 3. The average molecular weight is 286 g/mol. The number of hydrogen-bond acceptors (Lipinski definition) is 5. The first-order valence-corrected chi connectivity index (χ1v) is 6.52. The first-order valence-electron chi connectivity index (χ1n) is 6.52. The Kier molecular flexibility index (Phi) is 3.65. The number of anilines is 1. The molecule has 0 aliphatic carbocycles. The summed E-state index contributed by atoms with van der Waals surface area (Å²) in [5, 5.41) is 8.32. The number of carbonyl (C=O) groups is 2. The summed E-state index contributed by atoms with van der Waals surface area (Å²) in [7, 11) is 0. The van der Waals surface area contributed by atoms with Crippen molar-refractivity contribution < 1.29 is 14.0 Å². The van der Waals surface area contributed by atoms with E-state index in [0.717, 1.165) is 5.56 Å². The molecule has 0 saturated carbocycles. The van der Waals surface area contributed by atoms with Crippen LogP contribution in [-0.2, 0) is 9.59 Å². The minimum Gasteiger partial charge on any atom is -0.444 e. The van der Waals surface area contributed by atoms with Gasteiger partial charge in [0.1, 0.15) is 6.04 Å². The van der Waals surface area contributed by atoms with Crippen molar-refractivity contribution in [3.63, 3.8) is 0 Å². The molecule has 1 aliphatic heterocycles. The van der Waals surface area contributed by atoms with E-state index in [-0.39, 0.29) is 18.4 Å². The van der Waals surface area contributed by atoms with Gasteiger partial charge in [0.15, 0.2) is 12.2 Å². The number of nitrogens with one attached hydrogen (secondary N) is 3. The summed E-state index contributed by atoms with van der Waals surface area (Å²) in [5.41, 5.74) is 1.57. The highest BCUT2D eigenvalue weighted by molar-refractivity contribution is 5.96. The molecule has 1 atom stereocenters. The molecule has 0 radical (unpaired) electrons. The lowest BCUT2D eigenvalue weighted by atomic mass is 10.1. The van der Waals surface area contributed by atoms with E-state index in [0.29, 0.717) is 18.0 Å². The minimum atomic E-state index is -0.420. The van der Waals surface area contributed by atoms with Gasteiger partial charge < -0.3 is 15.1 Å². The molecule has 1 aromatic carbocycles. The monoisotopic (exact) mass is 286 g/mol. The van der Waals surface area contributed by atoms with E-state index in [9.17, 15) is 9.59 Å². The van der Waals surface area contributed by atoms with E-state index in [2.05, 4.69) is 20.9 Å². The van der Waals surface area contributed by atoms with Crippen LogP contribution in [0.5, 0.6) is 0 Å². The van der Waals surface area contributed by atoms with E-state index < -0.39 is 6.04 Å². The smallest absolute Gasteiger partial charge is 0.243 e. The highest BCUT2D eigenvalue weighted by Gasteiger charge is 2.23. The van der Waals surface area contributed by atoms with Crippen molar-refractivity contribution in [2.75, 3.05) is 18.4 Å². The maximum Gasteiger partial charge on any atom is 0.243 e. The summed E-state index contributed by atoms with van der Waals surface area (Å²) in [4.78, 5) is 26.9. The van der Waals surface area contributed by atoms with Crippen LogP contribution in [0.15, 0.2) is 41.3 Å². The predicted octanol–water partition coefficient (Wildman–Crippen LogP) is 0.368. The van der Waals surface area contributed by atoms with Gasteiger partial charge in [-0.15, -0.1) is 0 Å². The molecule has 1 aliphatic rings. The van der Waals surface area contributed by atoms with Crippen molar-refractivity contribution in [1.29, 1.82) is 0 Å². The Labute approximate surface area is 120 Å². The fraction of sp³-hybridized carbons (Fsp3) is 0.214. The lowest BCUT2D eigenvalue weighted by Gasteiger charge is -2.23. The lowest BCUT2D eigenvalue weighted by Crippen LogP contribution is -2.56. The van der Waals surface area contributed by atoms with Crippen molar-refractivity contribution in [2.24, 2.45) is 0 Å². The molecule has 2 heterocycles. The molecule has 3 N–H and O–H groups in total. The number of benzene rings is 1. The third-order valence-corrected chi connectivity index (χ3v) is 3.20. The summed E-state index contributed by atoms with van der Waals surface area (Å²) in [6.45, 7) is 0.448. The first-order chi connectivity index (χ1) is 10.2. The van der Waals surface area contributed by atoms with Gasteiger partial charge in [-0.25, -0.2) is 4.98 Å². The number of carbonyl (C=O) groups excluding carboxylic acids is 2. The predicted molar refractivity (Wildman–Crippen MR) is 75.4 cm³/mol. The highest BCUT2D eigenvalue weighted by Crippen LogP contribution is 2.20. The molecule has 2 aromatic rings. The summed E-state index contributed by atoms with van der Waals surface area (Å²) in [6.07, 6.45) is 3.00. The van der Waals surface area contributed by atoms with Gasteiger partial charge in [0.25, 0.3) is 0 Å². The fourth-order valence-corrected chi connectivity index (χ4v) is 2.06. The van der Waals surface area contributed by atoms with E-state index in [1.54, 1.807) is 18.3 Å². The van der Waals surface area contributed by atoms with Gasteiger partial charge in [-0.2, -0.15) is 0 Å². The molecule has 7 heteroatoms. The summed E-state index contributed by atoms with van der Waals surface area (Å²) in [5.74, 6) is 0.391. The van der Waals surface area contributed by atoms with Crippen LogP contribution in [0.4, 0.5) is 5.69 Å². The standard InChI is InChI=1S/C14H14N4O3/c19-13-7-16-11(5-17-13)14(20)18-10-3-1-9(2-4-10)12-6-15-8-21-12/h1-4,6,8,11,16H,5,7H2,(H,17,19)(H,18,20). The molecule has 0 spiro atoms. The zero-order chi connectivity index (χ0) is 14.7. The average Bonchev–Trinajstić information content (AvgIpc) is 3.03. The number of oxazole rings is 1. The van der Waals surface area contributed by atoms with Crippen molar-refractivity contribution in [3.05, 3.63) is 36.9 Å². The number of nitrogens with zero attached hydrogens (tertiary/aromatic N) is 1. The third-order valence-electron chi connectivity index (χ3n) is 3.20. The van der Waals surface area contributed by atoms with Crippen molar-refractivity contribution >= 4 is 17.5 Å². The van der Waals surface area contributed by atoms with Crippen molar-refractivity contribution in [1.82, 2.24) is 15.6 Å². The molecule has 1 unspecified atom stereocenters. The molecule has 21 heavy (non-hydrogen) atoms. The second-order valence-corrected chi connectivity index (χ2v) is 4.67. The largest absolute Gasteiger partial charge is 0.444 e. The quantitative estimate of drug-likeness (QED) is 0.757. The van der Waals surface area contributed by atoms with Crippen molar-refractivity contribution in [2.45, 2.75) is 6.04 Å². The second-order valence-electron chi connectivity index (χ2n) is 4.67. The van der Waals surface area contributed by atoms with Gasteiger partial charge in [-0.1, -0.05) is 0 Å². The highest BCUT2D eigenvalue weighted by atomic mass is 16.3. The number of aromatic nitrogens is 1. The number of amides is 2. The Bertz CT molecular complexity index is 627. The normalized spacial score (nSPS) is 18.1. The maximum absolute atomic E-state index is 12.0. The molecule has 2 amide bonds. The van der Waals surface area contributed by atoms with Crippen LogP contribution >= 0.6 is 0 Å². The lowest BCUT2D eigenvalue weighted by molar-refractivity contribution is -0.124. The SMILES string of the molecule is O=C1CNC(C(=O)Nc2ccc(-c3cnco3)cc2)CN1. The van der Waals surface area contributed by atoms with Gasteiger partial charge in [-0.05, 0) is 24.3 Å². The number of piperazine rings is 1. The van der Waals surface area contributed by atoms with Gasteiger partial charge >= 0.3 is 0 Å². The van der Waals surface area contributed by atoms with Crippen LogP contribution in [0.1, 0.15) is 0 Å². The third kappa shape index (κ3) is 3.09. The molecular weight excluding hydrogens is 272 g/mol. The number of rotatable bonds is 3. The molecule has 1 saturated heterocycles. The van der Waals surface area contributed by atoms with E-state index in [1.807, 2.05) is 12.1 Å². The van der Waals surface area contributed by atoms with Crippen LogP contribution in [-0.4, -0.2) is 35.9 Å². The van der Waals surface area contributed by atoms with E-state index in [4.69, 9.17) is 4.42 Å². The zero-order valence-electron chi connectivity index (χ0n) is 11.1. The molecular formula is C14H14N4O3. The molecule has 108 valence electrons. The zero-order valence-corrected chi connectivity index (χ0v) is 11.1. The molecule has 1 fully saturated rings. The second kappa shape index (κ2) is 5.76. The summed E-state index contributed by atoms with van der Waals surface area (Å²) >= 11 is 0. The molecule has 0 bridgehead atoms. The van der Waals surface area contributed by atoms with Crippen LogP contribution in [0.2, 0.25) is 0 Å². The Morgan fingerprint density at radius 3 is 2.76 bits per heavy atom. The minimum absolute atomic E-state index is 0.101. The van der Waals surface area contributed by atoms with Gasteiger partial charge in [0.05, 0.1) is 12.7 Å². The van der Waals surface area contributed by atoms with Crippen LogP contribution in [0.3, 0.4) is 0 Å². The molecule has 1 aromatic heterocycles. The first kappa shape index (κ1) is 13.3. The van der Waals surface area contributed by atoms with Crippen LogP contribution < -0.4 is 16.0 Å². The van der Waals surface area contributed by atoms with Crippen LogP contribution in [0, 0.1) is 0 Å². The van der Waals surface area contributed by atoms with Gasteiger partial charge in [0, 0.05) is 17.8 Å². The summed E-state index contributed by atoms with van der Waals surface area (Å²) in [6, 6.07) is 6.84. The van der Waals surface area contributed by atoms with Crippen LogP contribution in [0.25, 0.3) is 11.3 Å². The molecule has 3 rings (SSSR count). The van der Waals surface area contributed by atoms with Gasteiger partial charge in [0.2, 0.25) is 11.8 Å². The van der Waals surface area contributed by atoms with E-state index >= 15 is 0 Å². The Hall–Kier alpha value is -2.67. The Morgan fingerprint density at radius 2 is 2.14 bits per heavy atom. The van der Waals surface area contributed by atoms with Gasteiger partial charge in [-0.3, -0.25) is 14.9 Å². The van der Waals surface area contributed by atoms with Crippen molar-refractivity contribution in [3.8, 4) is 11.3 Å². The Balaban J connectivity index is 1.62. The topological polar surface area (TPSA) is 96.3 Å².